The molecule has 16 heavy (non-hydrogen) atoms. The Balaban J connectivity index is 3.05. The number of hydrogen-bond acceptors (Lipinski definition) is 4. The first kappa shape index (κ1) is 10.0. The summed E-state index contributed by atoms with van der Waals surface area (Å²) in [5.74, 6) is -1.53. The van der Waals surface area contributed by atoms with Crippen molar-refractivity contribution in [1.82, 2.24) is 9.97 Å². The number of carbonyl (C=O) groups is 1. The van der Waals surface area contributed by atoms with Gasteiger partial charge in [0.05, 0.1) is 10.9 Å². The number of nitrogens with one attached hydrogen (secondary N) is 1. The SMILES string of the molecule is O=C(O)c1nc(=O)c2ccccc2[nH]c1=O. The van der Waals surface area contributed by atoms with Crippen molar-refractivity contribution in [3.05, 3.63) is 50.7 Å². The molecule has 0 amide bonds. The van der Waals surface area contributed by atoms with Crippen molar-refractivity contribution in [3.8, 4) is 0 Å². The zero-order chi connectivity index (χ0) is 11.7. The summed E-state index contributed by atoms with van der Waals surface area (Å²) in [5.41, 5.74) is -2.18. The number of benzene rings is 1. The fraction of sp³-hybridized carbons (Fsp3) is 0. The van der Waals surface area contributed by atoms with Crippen LogP contribution in [0.3, 0.4) is 0 Å². The summed E-state index contributed by atoms with van der Waals surface area (Å²) in [4.78, 5) is 39.2. The summed E-state index contributed by atoms with van der Waals surface area (Å²) in [7, 11) is 0. The first-order valence-corrected chi connectivity index (χ1v) is 4.36. The van der Waals surface area contributed by atoms with Gasteiger partial charge in [0.15, 0.2) is 0 Å². The molecule has 6 nitrogen and oxygen atoms in total. The third-order valence-corrected chi connectivity index (χ3v) is 2.04. The van der Waals surface area contributed by atoms with Gasteiger partial charge >= 0.3 is 5.97 Å². The van der Waals surface area contributed by atoms with E-state index in [1.807, 2.05) is 0 Å². The van der Waals surface area contributed by atoms with Crippen LogP contribution in [-0.4, -0.2) is 21.0 Å². The van der Waals surface area contributed by atoms with Gasteiger partial charge in [-0.2, -0.15) is 4.98 Å². The van der Waals surface area contributed by atoms with E-state index < -0.39 is 22.8 Å². The minimum Gasteiger partial charge on any atom is -0.476 e. The molecule has 0 bridgehead atoms. The van der Waals surface area contributed by atoms with Gasteiger partial charge in [0, 0.05) is 0 Å². The van der Waals surface area contributed by atoms with Crippen molar-refractivity contribution in [1.29, 1.82) is 0 Å². The van der Waals surface area contributed by atoms with Crippen LogP contribution in [0.2, 0.25) is 0 Å². The third-order valence-electron chi connectivity index (χ3n) is 2.04. The van der Waals surface area contributed by atoms with Crippen LogP contribution < -0.4 is 11.1 Å². The van der Waals surface area contributed by atoms with Crippen molar-refractivity contribution in [2.24, 2.45) is 0 Å². The minimum absolute atomic E-state index is 0.173. The smallest absolute Gasteiger partial charge is 0.360 e. The van der Waals surface area contributed by atoms with Crippen LogP contribution in [-0.2, 0) is 0 Å². The summed E-state index contributed by atoms with van der Waals surface area (Å²) in [5, 5.41) is 8.86. The van der Waals surface area contributed by atoms with E-state index >= 15 is 0 Å². The van der Waals surface area contributed by atoms with E-state index in [1.54, 1.807) is 12.1 Å². The number of nitrogens with zero attached hydrogens (tertiary/aromatic N) is 1. The fourth-order valence-corrected chi connectivity index (χ4v) is 1.32. The maximum absolute atomic E-state index is 11.5. The summed E-state index contributed by atoms with van der Waals surface area (Å²) < 4.78 is 0. The zero-order valence-electron chi connectivity index (χ0n) is 7.93. The molecule has 2 rings (SSSR count). The number of rotatable bonds is 1. The van der Waals surface area contributed by atoms with Crippen LogP contribution in [0, 0.1) is 0 Å². The molecule has 1 aromatic heterocycles. The van der Waals surface area contributed by atoms with Gasteiger partial charge in [0.25, 0.3) is 11.1 Å². The molecule has 0 aliphatic heterocycles. The van der Waals surface area contributed by atoms with E-state index in [-0.39, 0.29) is 10.9 Å². The first-order chi connectivity index (χ1) is 7.59. The highest BCUT2D eigenvalue weighted by Gasteiger charge is 2.11. The molecular formula is C10H6N2O4. The van der Waals surface area contributed by atoms with E-state index in [4.69, 9.17) is 5.11 Å². The Morgan fingerprint density at radius 3 is 2.62 bits per heavy atom. The van der Waals surface area contributed by atoms with Crippen LogP contribution in [0.25, 0.3) is 10.9 Å². The molecule has 0 spiro atoms. The zero-order valence-corrected chi connectivity index (χ0v) is 7.93. The van der Waals surface area contributed by atoms with Crippen LogP contribution in [0.1, 0.15) is 10.5 Å². The highest BCUT2D eigenvalue weighted by molar-refractivity contribution is 5.86. The number of aromatic amines is 1. The lowest BCUT2D eigenvalue weighted by molar-refractivity contribution is 0.0688. The molecule has 0 aliphatic rings. The number of aromatic carboxylic acids is 1. The average Bonchev–Trinajstić information content (AvgIpc) is 2.37. The number of para-hydroxylation sites is 1. The van der Waals surface area contributed by atoms with Crippen molar-refractivity contribution >= 4 is 16.9 Å². The van der Waals surface area contributed by atoms with Crippen LogP contribution in [0.5, 0.6) is 0 Å². The highest BCUT2D eigenvalue weighted by atomic mass is 16.4. The second-order valence-electron chi connectivity index (χ2n) is 3.07. The largest absolute Gasteiger partial charge is 0.476 e. The summed E-state index contributed by atoms with van der Waals surface area (Å²) in [6.45, 7) is 0. The Bertz CT molecular complexity index is 690. The Hall–Kier alpha value is -2.50. The number of fused-ring (bicyclic) bond motifs is 1. The van der Waals surface area contributed by atoms with E-state index in [2.05, 4.69) is 9.97 Å². The summed E-state index contributed by atoms with van der Waals surface area (Å²) in [6.07, 6.45) is 0. The molecule has 1 aromatic carbocycles. The van der Waals surface area contributed by atoms with Gasteiger partial charge in [0.1, 0.15) is 0 Å². The maximum atomic E-state index is 11.5. The second-order valence-corrected chi connectivity index (χ2v) is 3.07. The van der Waals surface area contributed by atoms with Crippen LogP contribution in [0.4, 0.5) is 0 Å². The first-order valence-electron chi connectivity index (χ1n) is 4.36. The molecule has 0 atom stereocenters. The number of carboxylic acid groups (broad SMARTS) is 1. The standard InChI is InChI=1S/C10H6N2O4/c13-8-5-3-1-2-4-6(5)11-9(14)7(12-8)10(15)16/h1-4H,(H,11,14)(H,15,16). The molecule has 0 fully saturated rings. The maximum Gasteiger partial charge on any atom is 0.360 e. The highest BCUT2D eigenvalue weighted by Crippen LogP contribution is 2.02. The van der Waals surface area contributed by atoms with Crippen molar-refractivity contribution < 1.29 is 9.90 Å². The number of aromatic nitrogens is 2. The summed E-state index contributed by atoms with van der Waals surface area (Å²) in [6, 6.07) is 6.19. The second kappa shape index (κ2) is 3.58. The lowest BCUT2D eigenvalue weighted by Gasteiger charge is -1.86. The Kier molecular flexibility index (Phi) is 2.24. The molecule has 2 aromatic rings. The van der Waals surface area contributed by atoms with E-state index in [1.165, 1.54) is 12.1 Å². The number of carboxylic acids is 1. The van der Waals surface area contributed by atoms with E-state index in [0.29, 0.717) is 0 Å². The quantitative estimate of drug-likeness (QED) is 0.700. The van der Waals surface area contributed by atoms with Crippen LogP contribution >= 0.6 is 0 Å². The number of H-pyrrole nitrogens is 1. The molecule has 0 saturated carbocycles. The molecule has 0 aliphatic carbocycles. The third kappa shape index (κ3) is 1.56. The lowest BCUT2D eigenvalue weighted by atomic mass is 10.2. The van der Waals surface area contributed by atoms with Crippen molar-refractivity contribution in [3.63, 3.8) is 0 Å². The molecule has 0 unspecified atom stereocenters. The Morgan fingerprint density at radius 2 is 1.94 bits per heavy atom. The predicted octanol–water partition coefficient (Wildman–Crippen LogP) is -0.0185. The fourth-order valence-electron chi connectivity index (χ4n) is 1.32. The normalized spacial score (nSPS) is 10.2. The van der Waals surface area contributed by atoms with Crippen molar-refractivity contribution in [2.45, 2.75) is 0 Å². The molecule has 80 valence electrons. The predicted molar refractivity (Wildman–Crippen MR) is 55.6 cm³/mol. The van der Waals surface area contributed by atoms with Gasteiger partial charge in [-0.1, -0.05) is 12.1 Å². The molecule has 2 N–H and O–H groups in total. The van der Waals surface area contributed by atoms with Gasteiger partial charge in [-0.15, -0.1) is 0 Å². The van der Waals surface area contributed by atoms with Gasteiger partial charge in [0.2, 0.25) is 5.69 Å². The average molecular weight is 218 g/mol. The molecule has 0 saturated heterocycles. The summed E-state index contributed by atoms with van der Waals surface area (Å²) >= 11 is 0. The van der Waals surface area contributed by atoms with E-state index in [9.17, 15) is 14.4 Å². The topological polar surface area (TPSA) is 100 Å². The van der Waals surface area contributed by atoms with Gasteiger partial charge < -0.3 is 10.1 Å². The number of hydrogen-bond donors (Lipinski definition) is 2. The van der Waals surface area contributed by atoms with Gasteiger partial charge in [-0.05, 0) is 12.1 Å². The monoisotopic (exact) mass is 218 g/mol. The van der Waals surface area contributed by atoms with E-state index in [0.717, 1.165) is 0 Å². The Morgan fingerprint density at radius 1 is 1.25 bits per heavy atom. The molecule has 0 radical (unpaired) electrons. The minimum atomic E-state index is -1.53. The molecular weight excluding hydrogens is 212 g/mol. The van der Waals surface area contributed by atoms with Gasteiger partial charge in [-0.3, -0.25) is 9.59 Å². The van der Waals surface area contributed by atoms with Crippen LogP contribution in [0.15, 0.2) is 33.9 Å². The lowest BCUT2D eigenvalue weighted by Crippen LogP contribution is -2.19. The van der Waals surface area contributed by atoms with Gasteiger partial charge in [-0.25, -0.2) is 4.79 Å². The van der Waals surface area contributed by atoms with Crippen molar-refractivity contribution in [2.75, 3.05) is 0 Å². The Labute approximate surface area is 88.2 Å². The molecule has 1 heterocycles. The molecule has 6 heteroatoms.